The van der Waals surface area contributed by atoms with Crippen LogP contribution in [0.1, 0.15) is 54.9 Å². The van der Waals surface area contributed by atoms with Gasteiger partial charge in [0.2, 0.25) is 0 Å². The summed E-state index contributed by atoms with van der Waals surface area (Å²) in [5.74, 6) is -2.10. The molecular weight excluding hydrogens is 475 g/mol. The Hall–Kier alpha value is -3.58. The molecule has 184 valence electrons. The topological polar surface area (TPSA) is 79.3 Å². The Morgan fingerprint density at radius 2 is 1.72 bits per heavy atom. The van der Waals surface area contributed by atoms with Gasteiger partial charge >= 0.3 is 5.97 Å². The number of carbonyl (C=O) groups excluding carboxylic acids is 1. The van der Waals surface area contributed by atoms with Gasteiger partial charge in [-0.05, 0) is 59.7 Å². The maximum absolute atomic E-state index is 15.0. The van der Waals surface area contributed by atoms with Crippen LogP contribution < -0.4 is 5.32 Å². The van der Waals surface area contributed by atoms with E-state index in [9.17, 15) is 19.1 Å². The maximum Gasteiger partial charge on any atom is 0.307 e. The van der Waals surface area contributed by atoms with Crippen molar-refractivity contribution in [2.24, 2.45) is 11.8 Å². The van der Waals surface area contributed by atoms with Crippen LogP contribution in [0.5, 0.6) is 0 Å². The number of rotatable bonds is 7. The molecule has 4 aromatic rings. The lowest BCUT2D eigenvalue weighted by Crippen LogP contribution is -2.25. The van der Waals surface area contributed by atoms with Crippen molar-refractivity contribution in [3.05, 3.63) is 77.6 Å². The average Bonchev–Trinajstić information content (AvgIpc) is 3.51. The summed E-state index contributed by atoms with van der Waals surface area (Å²) in [6.07, 6.45) is 1.89. The lowest BCUT2D eigenvalue weighted by atomic mass is 9.88. The lowest BCUT2D eigenvalue weighted by molar-refractivity contribution is -0.142. The number of ketones is 1. The van der Waals surface area contributed by atoms with Crippen molar-refractivity contribution in [3.8, 4) is 11.1 Å². The number of carbonyl (C=O) groups is 2. The molecule has 5 rings (SSSR count). The zero-order valence-corrected chi connectivity index (χ0v) is 20.9. The molecule has 0 spiro atoms. The predicted molar refractivity (Wildman–Crippen MR) is 142 cm³/mol. The van der Waals surface area contributed by atoms with Gasteiger partial charge in [-0.3, -0.25) is 9.59 Å². The first kappa shape index (κ1) is 24.1. The second-order valence-corrected chi connectivity index (χ2v) is 10.7. The van der Waals surface area contributed by atoms with E-state index in [1.165, 1.54) is 23.0 Å². The Bertz CT molecular complexity index is 1440. The lowest BCUT2D eigenvalue weighted by Gasteiger charge is -2.15. The zero-order chi connectivity index (χ0) is 25.4. The van der Waals surface area contributed by atoms with Crippen molar-refractivity contribution < 1.29 is 19.1 Å². The number of carboxylic acid groups (broad SMARTS) is 1. The van der Waals surface area contributed by atoms with Crippen molar-refractivity contribution in [2.45, 2.75) is 39.0 Å². The van der Waals surface area contributed by atoms with Gasteiger partial charge < -0.3 is 10.4 Å². The first-order valence-corrected chi connectivity index (χ1v) is 13.0. The van der Waals surface area contributed by atoms with E-state index in [1.807, 2.05) is 12.1 Å². The minimum Gasteiger partial charge on any atom is -0.481 e. The number of aromatic nitrogens is 1. The number of anilines is 2. The van der Waals surface area contributed by atoms with E-state index < -0.39 is 23.6 Å². The fraction of sp³-hybridized carbons (Fsp3) is 0.276. The summed E-state index contributed by atoms with van der Waals surface area (Å²) in [7, 11) is 0. The molecule has 0 unspecified atom stereocenters. The van der Waals surface area contributed by atoms with Crippen molar-refractivity contribution in [2.75, 3.05) is 5.32 Å². The van der Waals surface area contributed by atoms with Gasteiger partial charge in [0.05, 0.1) is 21.8 Å². The Balaban J connectivity index is 1.32. The minimum absolute atomic E-state index is 0.131. The van der Waals surface area contributed by atoms with Crippen LogP contribution in [-0.2, 0) is 4.79 Å². The zero-order valence-electron chi connectivity index (χ0n) is 20.1. The molecule has 0 radical (unpaired) electrons. The molecular formula is C29H27FN2O3S. The summed E-state index contributed by atoms with van der Waals surface area (Å²) < 4.78 is 16.0. The third-order valence-electron chi connectivity index (χ3n) is 6.96. The summed E-state index contributed by atoms with van der Waals surface area (Å²) in [4.78, 5) is 28.9. The molecule has 7 heteroatoms. The highest BCUT2D eigenvalue weighted by Gasteiger charge is 2.37. The summed E-state index contributed by atoms with van der Waals surface area (Å²) in [5, 5.41) is 13.1. The van der Waals surface area contributed by atoms with E-state index in [1.54, 1.807) is 30.3 Å². The SMILES string of the molecule is CC(C)c1ccc2nc(Nc3ccc(-c4ccc(C(=O)[C@@H]5CCC[C@H]5C(=O)O)cc4)cc3F)sc2c1. The average molecular weight is 503 g/mol. The normalized spacial score (nSPS) is 17.6. The van der Waals surface area contributed by atoms with Crippen LogP contribution in [0, 0.1) is 17.7 Å². The molecule has 0 amide bonds. The van der Waals surface area contributed by atoms with E-state index in [0.717, 1.165) is 22.2 Å². The van der Waals surface area contributed by atoms with Gasteiger partial charge in [0, 0.05) is 11.5 Å². The Kier molecular flexibility index (Phi) is 6.58. The van der Waals surface area contributed by atoms with Gasteiger partial charge in [-0.1, -0.05) is 68.0 Å². The Morgan fingerprint density at radius 3 is 2.42 bits per heavy atom. The van der Waals surface area contributed by atoms with E-state index >= 15 is 0 Å². The Morgan fingerprint density at radius 1 is 1.00 bits per heavy atom. The number of fused-ring (bicyclic) bond motifs is 1. The number of benzene rings is 3. The number of nitrogens with zero attached hydrogens (tertiary/aromatic N) is 1. The molecule has 36 heavy (non-hydrogen) atoms. The molecule has 0 saturated heterocycles. The van der Waals surface area contributed by atoms with Crippen molar-refractivity contribution in [1.29, 1.82) is 0 Å². The molecule has 1 aliphatic rings. The number of hydrogen-bond acceptors (Lipinski definition) is 5. The summed E-state index contributed by atoms with van der Waals surface area (Å²) in [6.45, 7) is 4.29. The molecule has 1 aromatic heterocycles. The van der Waals surface area contributed by atoms with Crippen molar-refractivity contribution in [1.82, 2.24) is 4.98 Å². The summed E-state index contributed by atoms with van der Waals surface area (Å²) in [5.41, 5.74) is 4.42. The van der Waals surface area contributed by atoms with Gasteiger partial charge in [0.1, 0.15) is 5.82 Å². The van der Waals surface area contributed by atoms with Crippen LogP contribution in [0.3, 0.4) is 0 Å². The minimum atomic E-state index is -0.905. The standard InChI is InChI=1S/C29H27FN2O3S/c1-16(2)19-10-13-25-26(15-19)36-29(32-25)31-24-12-11-20(14-23(24)30)17-6-8-18(9-7-17)27(33)21-4-3-5-22(21)28(34)35/h6-16,21-22H,3-5H2,1-2H3,(H,31,32)(H,34,35)/t21-,22-/m1/s1. The molecule has 3 aromatic carbocycles. The summed E-state index contributed by atoms with van der Waals surface area (Å²) >= 11 is 1.49. The van der Waals surface area contributed by atoms with Crippen LogP contribution in [0.15, 0.2) is 60.7 Å². The number of Topliss-reactive ketones (excluding diaryl/α,β-unsaturated/α-hetero) is 1. The van der Waals surface area contributed by atoms with Gasteiger partial charge in [-0.15, -0.1) is 0 Å². The van der Waals surface area contributed by atoms with Crippen LogP contribution >= 0.6 is 11.3 Å². The van der Waals surface area contributed by atoms with E-state index in [-0.39, 0.29) is 5.78 Å². The first-order valence-electron chi connectivity index (χ1n) is 12.1. The van der Waals surface area contributed by atoms with Gasteiger partial charge in [-0.2, -0.15) is 0 Å². The second kappa shape index (κ2) is 9.82. The highest BCUT2D eigenvalue weighted by atomic mass is 32.1. The van der Waals surface area contributed by atoms with E-state index in [2.05, 4.69) is 36.3 Å². The third-order valence-corrected chi connectivity index (χ3v) is 7.90. The number of nitrogens with one attached hydrogen (secondary N) is 1. The summed E-state index contributed by atoms with van der Waals surface area (Å²) in [6, 6.07) is 18.1. The molecule has 1 aliphatic carbocycles. The van der Waals surface area contributed by atoms with Gasteiger partial charge in [0.25, 0.3) is 0 Å². The highest BCUT2D eigenvalue weighted by molar-refractivity contribution is 7.22. The number of hydrogen-bond donors (Lipinski definition) is 2. The molecule has 0 bridgehead atoms. The molecule has 0 aliphatic heterocycles. The smallest absolute Gasteiger partial charge is 0.307 e. The fourth-order valence-electron chi connectivity index (χ4n) is 4.88. The van der Waals surface area contributed by atoms with E-state index in [4.69, 9.17) is 0 Å². The highest BCUT2D eigenvalue weighted by Crippen LogP contribution is 2.35. The number of carboxylic acids is 1. The van der Waals surface area contributed by atoms with Crippen LogP contribution in [0.25, 0.3) is 21.3 Å². The predicted octanol–water partition coefficient (Wildman–Crippen LogP) is 7.65. The monoisotopic (exact) mass is 502 g/mol. The molecule has 1 fully saturated rings. The fourth-order valence-corrected chi connectivity index (χ4v) is 5.80. The Labute approximate surface area is 213 Å². The van der Waals surface area contributed by atoms with Crippen molar-refractivity contribution >= 4 is 44.1 Å². The van der Waals surface area contributed by atoms with Gasteiger partial charge in [-0.25, -0.2) is 9.37 Å². The van der Waals surface area contributed by atoms with Crippen LogP contribution in [0.4, 0.5) is 15.2 Å². The number of thiazole rings is 1. The molecule has 5 nitrogen and oxygen atoms in total. The van der Waals surface area contributed by atoms with Gasteiger partial charge in [0.15, 0.2) is 10.9 Å². The van der Waals surface area contributed by atoms with Crippen LogP contribution in [-0.4, -0.2) is 21.8 Å². The van der Waals surface area contributed by atoms with E-state index in [0.29, 0.717) is 40.7 Å². The largest absolute Gasteiger partial charge is 0.481 e. The first-order chi connectivity index (χ1) is 17.3. The number of halogens is 1. The maximum atomic E-state index is 15.0. The molecule has 2 N–H and O–H groups in total. The molecule has 1 saturated carbocycles. The second-order valence-electron chi connectivity index (χ2n) is 9.64. The van der Waals surface area contributed by atoms with Crippen molar-refractivity contribution in [3.63, 3.8) is 0 Å². The number of aliphatic carboxylic acids is 1. The molecule has 2 atom stereocenters. The third kappa shape index (κ3) is 4.75. The van der Waals surface area contributed by atoms with Crippen LogP contribution in [0.2, 0.25) is 0 Å². The quantitative estimate of drug-likeness (QED) is 0.254. The molecule has 1 heterocycles.